The molecular formula is C17H28N2O. The summed E-state index contributed by atoms with van der Waals surface area (Å²) in [4.78, 5) is 15.3. The van der Waals surface area contributed by atoms with Gasteiger partial charge in [0.05, 0.1) is 5.41 Å². The molecule has 5 fully saturated rings. The molecule has 0 spiro atoms. The second kappa shape index (κ2) is 4.22. The lowest BCUT2D eigenvalue weighted by atomic mass is 9.44. The number of carbonyl (C=O) groups excluding carboxylic acids is 1. The third kappa shape index (κ3) is 1.93. The molecule has 5 aliphatic rings. The number of amides is 1. The van der Waals surface area contributed by atoms with Crippen LogP contribution in [0.25, 0.3) is 0 Å². The highest BCUT2D eigenvalue weighted by molar-refractivity contribution is 5.83. The van der Waals surface area contributed by atoms with Gasteiger partial charge in [-0.1, -0.05) is 6.92 Å². The fourth-order valence-corrected chi connectivity index (χ4v) is 6.50. The molecule has 4 bridgehead atoms. The van der Waals surface area contributed by atoms with Crippen LogP contribution in [0.5, 0.6) is 0 Å². The Balaban J connectivity index is 1.59. The van der Waals surface area contributed by atoms with E-state index in [1.165, 1.54) is 32.1 Å². The minimum absolute atomic E-state index is 0.00407. The zero-order valence-corrected chi connectivity index (χ0v) is 12.7. The first-order valence-electron chi connectivity index (χ1n) is 8.53. The molecule has 20 heavy (non-hydrogen) atoms. The summed E-state index contributed by atoms with van der Waals surface area (Å²) in [5.41, 5.74) is 6.54. The Kier molecular flexibility index (Phi) is 2.77. The molecule has 3 atom stereocenters. The highest BCUT2D eigenvalue weighted by atomic mass is 16.2. The molecule has 3 heteroatoms. The van der Waals surface area contributed by atoms with Crippen molar-refractivity contribution < 1.29 is 4.79 Å². The van der Waals surface area contributed by atoms with E-state index >= 15 is 0 Å². The molecule has 2 unspecified atom stereocenters. The van der Waals surface area contributed by atoms with Crippen molar-refractivity contribution in [3.63, 3.8) is 0 Å². The molecule has 2 N–H and O–H groups in total. The van der Waals surface area contributed by atoms with Gasteiger partial charge in [-0.2, -0.15) is 0 Å². The fraction of sp³-hybridized carbons (Fsp3) is 0.941. The van der Waals surface area contributed by atoms with Gasteiger partial charge in [0.25, 0.3) is 0 Å². The fourth-order valence-electron chi connectivity index (χ4n) is 6.50. The molecule has 0 aromatic rings. The molecule has 0 aromatic heterocycles. The van der Waals surface area contributed by atoms with Crippen molar-refractivity contribution in [2.75, 3.05) is 13.1 Å². The molecule has 4 aliphatic carbocycles. The monoisotopic (exact) mass is 276 g/mol. The highest BCUT2D eigenvalue weighted by Crippen LogP contribution is 2.65. The van der Waals surface area contributed by atoms with E-state index in [4.69, 9.17) is 5.73 Å². The number of hydrogen-bond acceptors (Lipinski definition) is 2. The molecule has 112 valence electrons. The summed E-state index contributed by atoms with van der Waals surface area (Å²) in [6.07, 6.45) is 9.80. The van der Waals surface area contributed by atoms with E-state index in [0.717, 1.165) is 44.2 Å². The van der Waals surface area contributed by atoms with Gasteiger partial charge in [0, 0.05) is 19.1 Å². The Bertz CT molecular complexity index is 419. The first-order chi connectivity index (χ1) is 9.48. The molecular weight excluding hydrogens is 248 g/mol. The number of nitrogens with zero attached hydrogens (tertiary/aromatic N) is 1. The average molecular weight is 276 g/mol. The van der Waals surface area contributed by atoms with E-state index in [9.17, 15) is 4.79 Å². The summed E-state index contributed by atoms with van der Waals surface area (Å²) < 4.78 is 0. The van der Waals surface area contributed by atoms with Crippen LogP contribution in [0.4, 0.5) is 0 Å². The van der Waals surface area contributed by atoms with E-state index < -0.39 is 0 Å². The largest absolute Gasteiger partial charge is 0.341 e. The van der Waals surface area contributed by atoms with Gasteiger partial charge >= 0.3 is 0 Å². The molecule has 0 aromatic carbocycles. The minimum atomic E-state index is -0.00407. The lowest BCUT2D eigenvalue weighted by Gasteiger charge is -2.61. The normalized spacial score (nSPS) is 50.5. The van der Waals surface area contributed by atoms with Crippen molar-refractivity contribution in [1.82, 2.24) is 4.90 Å². The average Bonchev–Trinajstić information content (AvgIpc) is 2.35. The van der Waals surface area contributed by atoms with Gasteiger partial charge in [0.15, 0.2) is 0 Å². The van der Waals surface area contributed by atoms with E-state index in [1.54, 1.807) is 0 Å². The zero-order chi connectivity index (χ0) is 14.0. The second-order valence-corrected chi connectivity index (χ2v) is 8.71. The van der Waals surface area contributed by atoms with Crippen LogP contribution < -0.4 is 5.73 Å². The van der Waals surface area contributed by atoms with Crippen LogP contribution in [0, 0.1) is 22.7 Å². The third-order valence-electron chi connectivity index (χ3n) is 6.55. The molecule has 4 saturated carbocycles. The Hall–Kier alpha value is -0.570. The zero-order valence-electron chi connectivity index (χ0n) is 12.7. The number of hydrogen-bond donors (Lipinski definition) is 1. The van der Waals surface area contributed by atoms with Crippen LogP contribution in [0.3, 0.4) is 0 Å². The van der Waals surface area contributed by atoms with Gasteiger partial charge in [-0.15, -0.1) is 0 Å². The van der Waals surface area contributed by atoms with Crippen molar-refractivity contribution in [2.45, 2.75) is 64.3 Å². The van der Waals surface area contributed by atoms with Crippen LogP contribution >= 0.6 is 0 Å². The summed E-state index contributed by atoms with van der Waals surface area (Å²) >= 11 is 0. The highest BCUT2D eigenvalue weighted by Gasteiger charge is 2.59. The van der Waals surface area contributed by atoms with Crippen LogP contribution in [0.1, 0.15) is 58.3 Å². The summed E-state index contributed by atoms with van der Waals surface area (Å²) in [5, 5.41) is 0. The minimum Gasteiger partial charge on any atom is -0.341 e. The van der Waals surface area contributed by atoms with Crippen molar-refractivity contribution in [3.8, 4) is 0 Å². The predicted molar refractivity (Wildman–Crippen MR) is 79.0 cm³/mol. The van der Waals surface area contributed by atoms with Gasteiger partial charge in [-0.3, -0.25) is 4.79 Å². The maximum Gasteiger partial charge on any atom is 0.228 e. The van der Waals surface area contributed by atoms with Crippen LogP contribution in [-0.2, 0) is 4.79 Å². The van der Waals surface area contributed by atoms with E-state index in [0.29, 0.717) is 11.3 Å². The lowest BCUT2D eigenvalue weighted by molar-refractivity contribution is -0.167. The Morgan fingerprint density at radius 1 is 1.20 bits per heavy atom. The summed E-state index contributed by atoms with van der Waals surface area (Å²) in [6, 6.07) is 0.206. The Labute approximate surface area is 122 Å². The van der Waals surface area contributed by atoms with Crippen LogP contribution in [0.2, 0.25) is 0 Å². The van der Waals surface area contributed by atoms with Gasteiger partial charge in [0.2, 0.25) is 5.91 Å². The first-order valence-corrected chi connectivity index (χ1v) is 8.53. The van der Waals surface area contributed by atoms with Gasteiger partial charge in [0.1, 0.15) is 0 Å². The molecule has 1 amide bonds. The van der Waals surface area contributed by atoms with Crippen LogP contribution in [-0.4, -0.2) is 29.9 Å². The van der Waals surface area contributed by atoms with Gasteiger partial charge < -0.3 is 10.6 Å². The molecule has 1 aliphatic heterocycles. The van der Waals surface area contributed by atoms with Crippen molar-refractivity contribution >= 4 is 5.91 Å². The SMILES string of the molecule is CC12CC3CC(C1)CC(C(=O)N1CCC[C@@H](N)C1)(C3)C2. The number of piperidine rings is 1. The van der Waals surface area contributed by atoms with Crippen molar-refractivity contribution in [1.29, 1.82) is 0 Å². The second-order valence-electron chi connectivity index (χ2n) is 8.71. The topological polar surface area (TPSA) is 46.3 Å². The Morgan fingerprint density at radius 3 is 2.50 bits per heavy atom. The maximum absolute atomic E-state index is 13.2. The first kappa shape index (κ1) is 13.1. The number of rotatable bonds is 1. The van der Waals surface area contributed by atoms with Gasteiger partial charge in [-0.05, 0) is 68.6 Å². The summed E-state index contributed by atoms with van der Waals surface area (Å²) in [7, 11) is 0. The van der Waals surface area contributed by atoms with E-state index in [2.05, 4.69) is 11.8 Å². The molecule has 5 rings (SSSR count). The number of carbonyl (C=O) groups is 1. The number of likely N-dealkylation sites (tertiary alicyclic amines) is 1. The molecule has 1 saturated heterocycles. The maximum atomic E-state index is 13.2. The molecule has 0 radical (unpaired) electrons. The Morgan fingerprint density at radius 2 is 1.90 bits per heavy atom. The summed E-state index contributed by atoms with van der Waals surface area (Å²) in [6.45, 7) is 4.18. The van der Waals surface area contributed by atoms with E-state index in [1.807, 2.05) is 0 Å². The quantitative estimate of drug-likeness (QED) is 0.800. The predicted octanol–water partition coefficient (Wildman–Crippen LogP) is 2.54. The van der Waals surface area contributed by atoms with Crippen molar-refractivity contribution in [3.05, 3.63) is 0 Å². The standard InChI is InChI=1S/C17H28N2O/c1-16-6-12-5-13(7-16)9-17(8-12,11-16)15(20)19-4-2-3-14(18)10-19/h12-14H,2-11,18H2,1H3/t12?,13?,14-,16?,17?/m1/s1. The van der Waals surface area contributed by atoms with Gasteiger partial charge in [-0.25, -0.2) is 0 Å². The lowest BCUT2D eigenvalue weighted by Crippen LogP contribution is -2.59. The van der Waals surface area contributed by atoms with Crippen LogP contribution in [0.15, 0.2) is 0 Å². The molecule has 3 nitrogen and oxygen atoms in total. The summed E-state index contributed by atoms with van der Waals surface area (Å²) in [5.74, 6) is 2.11. The van der Waals surface area contributed by atoms with E-state index in [-0.39, 0.29) is 11.5 Å². The van der Waals surface area contributed by atoms with Crippen molar-refractivity contribution in [2.24, 2.45) is 28.4 Å². The third-order valence-corrected chi connectivity index (χ3v) is 6.55. The smallest absolute Gasteiger partial charge is 0.228 e. The molecule has 1 heterocycles. The number of nitrogens with two attached hydrogens (primary N) is 1.